The first-order valence-corrected chi connectivity index (χ1v) is 6.72. The number of anilines is 1. The Morgan fingerprint density at radius 2 is 2.21 bits per heavy atom. The predicted molar refractivity (Wildman–Crippen MR) is 74.7 cm³/mol. The molecule has 1 aliphatic rings. The van der Waals surface area contributed by atoms with Crippen molar-refractivity contribution < 1.29 is 5.11 Å². The van der Waals surface area contributed by atoms with E-state index in [9.17, 15) is 5.11 Å². The molecule has 4 nitrogen and oxygen atoms in total. The summed E-state index contributed by atoms with van der Waals surface area (Å²) < 4.78 is 1.58. The first kappa shape index (κ1) is 12.2. The molecule has 1 saturated carbocycles. The van der Waals surface area contributed by atoms with E-state index in [-0.39, 0.29) is 0 Å². The largest absolute Gasteiger partial charge is 0.384 e. The Hall–Kier alpha value is -1.81. The third-order valence-electron chi connectivity index (χ3n) is 4.11. The van der Waals surface area contributed by atoms with Gasteiger partial charge in [0.2, 0.25) is 0 Å². The summed E-state index contributed by atoms with van der Waals surface area (Å²) in [4.78, 5) is 0. The van der Waals surface area contributed by atoms with Gasteiger partial charge < -0.3 is 10.8 Å². The Morgan fingerprint density at radius 1 is 1.42 bits per heavy atom. The Balaban J connectivity index is 1.90. The van der Waals surface area contributed by atoms with Gasteiger partial charge in [-0.25, -0.2) is 0 Å². The zero-order chi connectivity index (χ0) is 13.4. The molecule has 1 aromatic heterocycles. The Kier molecular flexibility index (Phi) is 3.03. The zero-order valence-electron chi connectivity index (χ0n) is 11.1. The summed E-state index contributed by atoms with van der Waals surface area (Å²) in [6.07, 6.45) is 4.76. The number of nitrogen functional groups attached to an aromatic ring is 1. The lowest BCUT2D eigenvalue weighted by atomic mass is 9.79. The molecule has 0 amide bonds. The summed E-state index contributed by atoms with van der Waals surface area (Å²) in [5.74, 6) is 1.18. The van der Waals surface area contributed by atoms with Gasteiger partial charge in [0.15, 0.2) is 0 Å². The third kappa shape index (κ3) is 2.12. The lowest BCUT2D eigenvalue weighted by Gasteiger charge is -2.26. The van der Waals surface area contributed by atoms with E-state index in [4.69, 9.17) is 5.73 Å². The van der Waals surface area contributed by atoms with Crippen LogP contribution in [-0.4, -0.2) is 14.9 Å². The van der Waals surface area contributed by atoms with Gasteiger partial charge in [0, 0.05) is 12.6 Å². The summed E-state index contributed by atoms with van der Waals surface area (Å²) in [5, 5.41) is 14.5. The van der Waals surface area contributed by atoms with Gasteiger partial charge in [-0.05, 0) is 29.9 Å². The first-order chi connectivity index (χ1) is 9.16. The number of hydrogen-bond acceptors (Lipinski definition) is 3. The van der Waals surface area contributed by atoms with Crippen molar-refractivity contribution in [3.05, 3.63) is 47.2 Å². The average Bonchev–Trinajstić information content (AvgIpc) is 2.68. The van der Waals surface area contributed by atoms with Crippen molar-refractivity contribution >= 4 is 5.82 Å². The molecule has 0 saturated heterocycles. The van der Waals surface area contributed by atoms with E-state index in [0.29, 0.717) is 17.3 Å². The van der Waals surface area contributed by atoms with Gasteiger partial charge in [-0.3, -0.25) is 4.68 Å². The fraction of sp³-hybridized carbons (Fsp3) is 0.400. The molecule has 2 aromatic rings. The molecule has 4 heteroatoms. The Bertz CT molecular complexity index is 587. The first-order valence-electron chi connectivity index (χ1n) is 6.72. The predicted octanol–water partition coefficient (Wildman–Crippen LogP) is 2.35. The van der Waals surface area contributed by atoms with E-state index in [1.807, 2.05) is 12.1 Å². The number of hydrogen-bond donors (Lipinski definition) is 2. The molecule has 1 atom stereocenters. The summed E-state index contributed by atoms with van der Waals surface area (Å²) in [5.41, 5.74) is 8.81. The van der Waals surface area contributed by atoms with Crippen LogP contribution in [0.5, 0.6) is 0 Å². The molecule has 0 spiro atoms. The van der Waals surface area contributed by atoms with Gasteiger partial charge in [0.25, 0.3) is 0 Å². The molecule has 1 aliphatic carbocycles. The van der Waals surface area contributed by atoms with E-state index in [1.54, 1.807) is 17.9 Å². The van der Waals surface area contributed by atoms with Crippen molar-refractivity contribution in [2.75, 3.05) is 5.73 Å². The summed E-state index contributed by atoms with van der Waals surface area (Å²) >= 11 is 0. The van der Waals surface area contributed by atoms with E-state index >= 15 is 0 Å². The molecule has 1 fully saturated rings. The molecule has 1 unspecified atom stereocenters. The Labute approximate surface area is 112 Å². The summed E-state index contributed by atoms with van der Waals surface area (Å²) in [6, 6.07) is 8.20. The third-order valence-corrected chi connectivity index (χ3v) is 4.11. The lowest BCUT2D eigenvalue weighted by Crippen LogP contribution is -2.10. The average molecular weight is 257 g/mol. The number of aliphatic hydroxyl groups is 1. The quantitative estimate of drug-likeness (QED) is 0.887. The SMILES string of the molecule is Cn1ncc(C(O)c2cccc(C3CCC3)c2)c1N. The van der Waals surface area contributed by atoms with Crippen molar-refractivity contribution in [3.8, 4) is 0 Å². The summed E-state index contributed by atoms with van der Waals surface area (Å²) in [7, 11) is 1.77. The minimum absolute atomic E-state index is 0.515. The number of aliphatic hydroxyl groups excluding tert-OH is 1. The fourth-order valence-electron chi connectivity index (χ4n) is 2.58. The standard InChI is InChI=1S/C15H19N3O/c1-18-15(16)13(9-17-18)14(19)12-7-3-6-11(8-12)10-4-2-5-10/h3,6-10,14,19H,2,4-5,16H2,1H3. The minimum Gasteiger partial charge on any atom is -0.384 e. The molecule has 3 rings (SSSR count). The van der Waals surface area contributed by atoms with Gasteiger partial charge >= 0.3 is 0 Å². The zero-order valence-corrected chi connectivity index (χ0v) is 11.1. The van der Waals surface area contributed by atoms with Crippen LogP contribution in [0.3, 0.4) is 0 Å². The smallest absolute Gasteiger partial charge is 0.127 e. The van der Waals surface area contributed by atoms with Crippen molar-refractivity contribution in [1.29, 1.82) is 0 Å². The van der Waals surface area contributed by atoms with Crippen molar-refractivity contribution in [2.24, 2.45) is 7.05 Å². The second-order valence-corrected chi connectivity index (χ2v) is 5.31. The van der Waals surface area contributed by atoms with Gasteiger partial charge in [0.1, 0.15) is 11.9 Å². The molecular weight excluding hydrogens is 238 g/mol. The van der Waals surface area contributed by atoms with E-state index < -0.39 is 6.10 Å². The second kappa shape index (κ2) is 4.70. The van der Waals surface area contributed by atoms with Crippen LogP contribution in [0, 0.1) is 0 Å². The molecule has 3 N–H and O–H groups in total. The molecule has 100 valence electrons. The number of aryl methyl sites for hydroxylation is 1. The molecule has 1 heterocycles. The molecule has 1 aromatic carbocycles. The van der Waals surface area contributed by atoms with E-state index in [0.717, 1.165) is 5.56 Å². The van der Waals surface area contributed by atoms with Crippen molar-refractivity contribution in [1.82, 2.24) is 9.78 Å². The number of nitrogens with zero attached hydrogens (tertiary/aromatic N) is 2. The van der Waals surface area contributed by atoms with E-state index in [1.165, 1.54) is 24.8 Å². The highest BCUT2D eigenvalue weighted by Gasteiger charge is 2.22. The van der Waals surface area contributed by atoms with Gasteiger partial charge in [-0.2, -0.15) is 5.10 Å². The van der Waals surface area contributed by atoms with Crippen molar-refractivity contribution in [2.45, 2.75) is 31.3 Å². The summed E-state index contributed by atoms with van der Waals surface area (Å²) in [6.45, 7) is 0. The minimum atomic E-state index is -0.700. The van der Waals surface area contributed by atoms with Crippen LogP contribution in [0.4, 0.5) is 5.82 Å². The maximum atomic E-state index is 10.4. The van der Waals surface area contributed by atoms with E-state index in [2.05, 4.69) is 17.2 Å². The second-order valence-electron chi connectivity index (χ2n) is 5.31. The van der Waals surface area contributed by atoms with Crippen LogP contribution in [-0.2, 0) is 7.05 Å². The number of aromatic nitrogens is 2. The number of nitrogens with two attached hydrogens (primary N) is 1. The molecule has 0 bridgehead atoms. The van der Waals surface area contributed by atoms with Crippen molar-refractivity contribution in [3.63, 3.8) is 0 Å². The van der Waals surface area contributed by atoms with Crippen LogP contribution < -0.4 is 5.73 Å². The maximum absolute atomic E-state index is 10.4. The molecule has 0 aliphatic heterocycles. The van der Waals surface area contributed by atoms with Gasteiger partial charge in [0.05, 0.1) is 6.20 Å². The highest BCUT2D eigenvalue weighted by Crippen LogP contribution is 2.37. The fourth-order valence-corrected chi connectivity index (χ4v) is 2.58. The topological polar surface area (TPSA) is 64.1 Å². The van der Waals surface area contributed by atoms with Crippen LogP contribution >= 0.6 is 0 Å². The lowest BCUT2D eigenvalue weighted by molar-refractivity contribution is 0.220. The van der Waals surface area contributed by atoms with Crippen LogP contribution in [0.2, 0.25) is 0 Å². The number of rotatable bonds is 3. The molecule has 19 heavy (non-hydrogen) atoms. The molecule has 0 radical (unpaired) electrons. The molecular formula is C15H19N3O. The van der Waals surface area contributed by atoms with Crippen LogP contribution in [0.15, 0.2) is 30.5 Å². The highest BCUT2D eigenvalue weighted by atomic mass is 16.3. The maximum Gasteiger partial charge on any atom is 0.127 e. The van der Waals surface area contributed by atoms with Crippen LogP contribution in [0.1, 0.15) is 48.0 Å². The van der Waals surface area contributed by atoms with Gasteiger partial charge in [-0.15, -0.1) is 0 Å². The monoisotopic (exact) mass is 257 g/mol. The van der Waals surface area contributed by atoms with Gasteiger partial charge in [-0.1, -0.05) is 30.7 Å². The normalized spacial score (nSPS) is 17.2. The van der Waals surface area contributed by atoms with Crippen LogP contribution in [0.25, 0.3) is 0 Å². The number of benzene rings is 1. The Morgan fingerprint density at radius 3 is 2.79 bits per heavy atom. The highest BCUT2D eigenvalue weighted by molar-refractivity contribution is 5.45.